The molecule has 2 fully saturated rings. The molecule has 0 amide bonds. The van der Waals surface area contributed by atoms with Crippen LogP contribution in [0.15, 0.2) is 34.6 Å². The molecule has 4 rings (SSSR count). The second kappa shape index (κ2) is 10.8. The molecule has 3 heterocycles. The molecule has 168 valence electrons. The number of halogens is 1. The molecule has 1 aromatic heterocycles. The van der Waals surface area contributed by atoms with Crippen LogP contribution in [0.5, 0.6) is 0 Å². The number of hydrogen-bond donors (Lipinski definition) is 2. The van der Waals surface area contributed by atoms with Crippen LogP contribution in [0.1, 0.15) is 38.3 Å². The molecule has 0 unspecified atom stereocenters. The number of aromatic nitrogens is 1. The standard InChI is InChI=1S/C23H33FN6S/c1-2-25-22(26-11-8-20-17-31-23(28-20)30-12-3-4-13-30)27-19-9-14-29(15-10-19)21-7-5-6-18(24)16-21/h5-7,16-17,19H,2-4,8-15H2,1H3,(H2,25,26,27). The normalized spacial score (nSPS) is 17.9. The first-order chi connectivity index (χ1) is 15.2. The summed E-state index contributed by atoms with van der Waals surface area (Å²) in [5.41, 5.74) is 2.10. The number of guanidine groups is 1. The van der Waals surface area contributed by atoms with Gasteiger partial charge in [0.2, 0.25) is 0 Å². The summed E-state index contributed by atoms with van der Waals surface area (Å²) in [5, 5.41) is 10.3. The minimum absolute atomic E-state index is 0.174. The van der Waals surface area contributed by atoms with Gasteiger partial charge in [0.25, 0.3) is 0 Å². The van der Waals surface area contributed by atoms with Crippen LogP contribution in [0.3, 0.4) is 0 Å². The minimum atomic E-state index is -0.174. The maximum absolute atomic E-state index is 13.5. The molecule has 8 heteroatoms. The number of hydrogen-bond acceptors (Lipinski definition) is 5. The Bertz CT molecular complexity index is 855. The quantitative estimate of drug-likeness (QED) is 0.504. The molecule has 0 saturated carbocycles. The van der Waals surface area contributed by atoms with Gasteiger partial charge in [-0.1, -0.05) is 6.07 Å². The molecule has 2 saturated heterocycles. The summed E-state index contributed by atoms with van der Waals surface area (Å²) in [6.07, 6.45) is 5.42. The largest absolute Gasteiger partial charge is 0.371 e. The van der Waals surface area contributed by atoms with Crippen LogP contribution in [0.2, 0.25) is 0 Å². The van der Waals surface area contributed by atoms with Gasteiger partial charge in [0, 0.05) is 62.8 Å². The highest BCUT2D eigenvalue weighted by molar-refractivity contribution is 7.13. The third-order valence-corrected chi connectivity index (χ3v) is 6.86. The second-order valence-corrected chi connectivity index (χ2v) is 9.05. The molecule has 6 nitrogen and oxygen atoms in total. The summed E-state index contributed by atoms with van der Waals surface area (Å²) in [7, 11) is 0. The highest BCUT2D eigenvalue weighted by Crippen LogP contribution is 2.24. The van der Waals surface area contributed by atoms with Crippen LogP contribution >= 0.6 is 11.3 Å². The third kappa shape index (κ3) is 6.09. The lowest BCUT2D eigenvalue weighted by atomic mass is 10.0. The number of nitrogens with zero attached hydrogens (tertiary/aromatic N) is 4. The zero-order valence-corrected chi connectivity index (χ0v) is 19.1. The van der Waals surface area contributed by atoms with E-state index in [0.717, 1.165) is 81.0 Å². The molecule has 0 spiro atoms. The Morgan fingerprint density at radius 3 is 2.74 bits per heavy atom. The molecule has 2 aliphatic rings. The predicted octanol–water partition coefficient (Wildman–Crippen LogP) is 3.65. The average molecular weight is 445 g/mol. The molecule has 0 radical (unpaired) electrons. The number of thiazole rings is 1. The topological polar surface area (TPSA) is 55.8 Å². The number of anilines is 2. The van der Waals surface area contributed by atoms with Gasteiger partial charge in [0.1, 0.15) is 5.82 Å². The van der Waals surface area contributed by atoms with E-state index < -0.39 is 0 Å². The monoisotopic (exact) mass is 444 g/mol. The fraction of sp³-hybridized carbons (Fsp3) is 0.565. The van der Waals surface area contributed by atoms with Crippen molar-refractivity contribution < 1.29 is 4.39 Å². The van der Waals surface area contributed by atoms with E-state index in [4.69, 9.17) is 9.98 Å². The molecular formula is C23H33FN6S. The highest BCUT2D eigenvalue weighted by Gasteiger charge is 2.20. The first-order valence-corrected chi connectivity index (χ1v) is 12.3. The van der Waals surface area contributed by atoms with Crippen LogP contribution in [0.25, 0.3) is 0 Å². The van der Waals surface area contributed by atoms with Crippen molar-refractivity contribution in [3.05, 3.63) is 41.2 Å². The first-order valence-electron chi connectivity index (χ1n) is 11.5. The Balaban J connectivity index is 1.25. The van der Waals surface area contributed by atoms with Gasteiger partial charge in [-0.05, 0) is 50.8 Å². The van der Waals surface area contributed by atoms with Gasteiger partial charge in [0.15, 0.2) is 11.1 Å². The predicted molar refractivity (Wildman–Crippen MR) is 128 cm³/mol. The number of rotatable bonds is 7. The summed E-state index contributed by atoms with van der Waals surface area (Å²) < 4.78 is 13.5. The number of piperidine rings is 1. The van der Waals surface area contributed by atoms with E-state index in [1.165, 1.54) is 18.9 Å². The lowest BCUT2D eigenvalue weighted by Gasteiger charge is -2.34. The molecular weight excluding hydrogens is 411 g/mol. The van der Waals surface area contributed by atoms with Crippen LogP contribution in [-0.4, -0.2) is 56.3 Å². The fourth-order valence-electron chi connectivity index (χ4n) is 4.22. The van der Waals surface area contributed by atoms with Crippen molar-refractivity contribution in [3.63, 3.8) is 0 Å². The maximum Gasteiger partial charge on any atom is 0.191 e. The van der Waals surface area contributed by atoms with Crippen molar-refractivity contribution in [2.45, 2.75) is 45.1 Å². The third-order valence-electron chi connectivity index (χ3n) is 5.91. The summed E-state index contributed by atoms with van der Waals surface area (Å²) in [6.45, 7) is 7.75. The van der Waals surface area contributed by atoms with Crippen molar-refractivity contribution in [1.29, 1.82) is 0 Å². The van der Waals surface area contributed by atoms with Crippen LogP contribution in [-0.2, 0) is 6.42 Å². The van der Waals surface area contributed by atoms with Crippen LogP contribution in [0.4, 0.5) is 15.2 Å². The molecule has 2 aliphatic heterocycles. The molecule has 2 aromatic rings. The SMILES string of the molecule is CCNC(=NCCc1csc(N2CCCC2)n1)NC1CCN(c2cccc(F)c2)CC1. The molecule has 0 bridgehead atoms. The van der Waals surface area contributed by atoms with E-state index in [-0.39, 0.29) is 5.82 Å². The highest BCUT2D eigenvalue weighted by atomic mass is 32.1. The smallest absolute Gasteiger partial charge is 0.191 e. The van der Waals surface area contributed by atoms with Crippen molar-refractivity contribution in [2.75, 3.05) is 49.1 Å². The van der Waals surface area contributed by atoms with Gasteiger partial charge >= 0.3 is 0 Å². The van der Waals surface area contributed by atoms with Crippen molar-refractivity contribution >= 4 is 28.1 Å². The van der Waals surface area contributed by atoms with E-state index >= 15 is 0 Å². The van der Waals surface area contributed by atoms with Gasteiger partial charge in [0.05, 0.1) is 5.69 Å². The molecule has 2 N–H and O–H groups in total. The van der Waals surface area contributed by atoms with E-state index in [0.29, 0.717) is 6.04 Å². The summed E-state index contributed by atoms with van der Waals surface area (Å²) in [6, 6.07) is 7.25. The van der Waals surface area contributed by atoms with E-state index in [9.17, 15) is 4.39 Å². The second-order valence-electron chi connectivity index (χ2n) is 8.21. The van der Waals surface area contributed by atoms with Crippen molar-refractivity contribution in [1.82, 2.24) is 15.6 Å². The Labute approximate surface area is 188 Å². The number of benzene rings is 1. The fourth-order valence-corrected chi connectivity index (χ4v) is 5.13. The first kappa shape index (κ1) is 21.9. The number of aliphatic imine (C=N–C) groups is 1. The Hall–Kier alpha value is -2.35. The Morgan fingerprint density at radius 1 is 1.19 bits per heavy atom. The van der Waals surface area contributed by atoms with Gasteiger partial charge < -0.3 is 20.4 Å². The zero-order chi connectivity index (χ0) is 21.5. The number of nitrogens with one attached hydrogen (secondary N) is 2. The molecule has 0 aliphatic carbocycles. The maximum atomic E-state index is 13.5. The van der Waals surface area contributed by atoms with E-state index in [2.05, 4.69) is 32.7 Å². The Morgan fingerprint density at radius 2 is 2.00 bits per heavy atom. The lowest BCUT2D eigenvalue weighted by Crippen LogP contribution is -2.48. The zero-order valence-electron chi connectivity index (χ0n) is 18.3. The van der Waals surface area contributed by atoms with Crippen LogP contribution in [0, 0.1) is 5.82 Å². The van der Waals surface area contributed by atoms with Crippen molar-refractivity contribution in [2.24, 2.45) is 4.99 Å². The average Bonchev–Trinajstić information content (AvgIpc) is 3.46. The van der Waals surface area contributed by atoms with Crippen LogP contribution < -0.4 is 20.4 Å². The van der Waals surface area contributed by atoms with Gasteiger partial charge in [-0.15, -0.1) is 11.3 Å². The molecule has 0 atom stereocenters. The summed E-state index contributed by atoms with van der Waals surface area (Å²) in [5.74, 6) is 0.702. The van der Waals surface area contributed by atoms with Crippen molar-refractivity contribution in [3.8, 4) is 0 Å². The summed E-state index contributed by atoms with van der Waals surface area (Å²) in [4.78, 5) is 14.2. The van der Waals surface area contributed by atoms with E-state index in [1.54, 1.807) is 23.5 Å². The lowest BCUT2D eigenvalue weighted by molar-refractivity contribution is 0.461. The van der Waals surface area contributed by atoms with Gasteiger partial charge in [-0.2, -0.15) is 0 Å². The van der Waals surface area contributed by atoms with Gasteiger partial charge in [-0.25, -0.2) is 9.37 Å². The molecule has 1 aromatic carbocycles. The summed E-state index contributed by atoms with van der Waals surface area (Å²) >= 11 is 1.75. The van der Waals surface area contributed by atoms with Gasteiger partial charge in [-0.3, -0.25) is 4.99 Å². The van der Waals surface area contributed by atoms with E-state index in [1.807, 2.05) is 6.07 Å². The minimum Gasteiger partial charge on any atom is -0.371 e. The molecule has 31 heavy (non-hydrogen) atoms. The Kier molecular flexibility index (Phi) is 7.61.